The summed E-state index contributed by atoms with van der Waals surface area (Å²) in [7, 11) is 0. The highest BCUT2D eigenvalue weighted by atomic mass is 16.2. The van der Waals surface area contributed by atoms with Gasteiger partial charge in [0.2, 0.25) is 5.91 Å². The fourth-order valence-electron chi connectivity index (χ4n) is 3.63. The normalized spacial score (nSPS) is 21.2. The smallest absolute Gasteiger partial charge is 0.261 e. The second-order valence-corrected chi connectivity index (χ2v) is 7.03. The first kappa shape index (κ1) is 16.7. The number of carbonyl (C=O) groups is 1. The van der Waals surface area contributed by atoms with E-state index in [4.69, 9.17) is 0 Å². The molecule has 0 aliphatic carbocycles. The zero-order valence-electron chi connectivity index (χ0n) is 14.7. The molecule has 2 heterocycles. The molecular weight excluding hydrogens is 302 g/mol. The SMILES string of the molecule is Cc1cccc2c(=O)n(CCC(=O)N3CC[C@@H](C)C[C@H]3C)cnc12. The van der Waals surface area contributed by atoms with Crippen LogP contribution in [-0.4, -0.2) is 32.9 Å². The minimum Gasteiger partial charge on any atom is -0.340 e. The van der Waals surface area contributed by atoms with Crippen LogP contribution < -0.4 is 5.56 Å². The number of nitrogens with zero attached hydrogens (tertiary/aromatic N) is 3. The van der Waals surface area contributed by atoms with Gasteiger partial charge < -0.3 is 4.90 Å². The molecular formula is C19H25N3O2. The van der Waals surface area contributed by atoms with Gasteiger partial charge in [0.05, 0.1) is 17.2 Å². The molecule has 1 fully saturated rings. The molecule has 0 bridgehead atoms. The van der Waals surface area contributed by atoms with Crippen LogP contribution in [0.25, 0.3) is 10.9 Å². The van der Waals surface area contributed by atoms with Gasteiger partial charge in [-0.3, -0.25) is 14.2 Å². The molecule has 1 aliphatic heterocycles. The standard InChI is InChI=1S/C19H25N3O2/c1-13-7-10-22(15(3)11-13)17(23)8-9-21-12-20-18-14(2)5-4-6-16(18)19(21)24/h4-6,12-13,15H,7-11H2,1-3H3/t13-,15-/m1/s1. The quantitative estimate of drug-likeness (QED) is 0.871. The van der Waals surface area contributed by atoms with Gasteiger partial charge in [-0.2, -0.15) is 0 Å². The molecule has 0 radical (unpaired) electrons. The first-order chi connectivity index (χ1) is 11.5. The lowest BCUT2D eigenvalue weighted by molar-refractivity contribution is -0.135. The molecule has 1 aromatic carbocycles. The number of carbonyl (C=O) groups excluding carboxylic acids is 1. The molecule has 0 saturated carbocycles. The van der Waals surface area contributed by atoms with Crippen LogP contribution in [0.2, 0.25) is 0 Å². The highest BCUT2D eigenvalue weighted by Crippen LogP contribution is 2.22. The summed E-state index contributed by atoms with van der Waals surface area (Å²) in [5.74, 6) is 0.810. The Balaban J connectivity index is 1.73. The van der Waals surface area contributed by atoms with Crippen LogP contribution >= 0.6 is 0 Å². The van der Waals surface area contributed by atoms with Crippen LogP contribution in [0.1, 0.15) is 38.7 Å². The van der Waals surface area contributed by atoms with Crippen molar-refractivity contribution in [2.75, 3.05) is 6.54 Å². The van der Waals surface area contributed by atoms with Gasteiger partial charge >= 0.3 is 0 Å². The molecule has 1 aliphatic rings. The highest BCUT2D eigenvalue weighted by molar-refractivity contribution is 5.80. The van der Waals surface area contributed by atoms with Crippen molar-refractivity contribution in [2.24, 2.45) is 5.92 Å². The Kier molecular flexibility index (Phi) is 4.69. The molecule has 128 valence electrons. The summed E-state index contributed by atoms with van der Waals surface area (Å²) in [5, 5.41) is 0.616. The van der Waals surface area contributed by atoms with Crippen molar-refractivity contribution in [3.63, 3.8) is 0 Å². The molecule has 0 N–H and O–H groups in total. The van der Waals surface area contributed by atoms with E-state index in [-0.39, 0.29) is 17.5 Å². The number of rotatable bonds is 3. The van der Waals surface area contributed by atoms with Crippen LogP contribution in [0.4, 0.5) is 0 Å². The monoisotopic (exact) mass is 327 g/mol. The number of hydrogen-bond acceptors (Lipinski definition) is 3. The number of likely N-dealkylation sites (tertiary alicyclic amines) is 1. The van der Waals surface area contributed by atoms with Gasteiger partial charge in [0.15, 0.2) is 0 Å². The average molecular weight is 327 g/mol. The summed E-state index contributed by atoms with van der Waals surface area (Å²) in [6.45, 7) is 7.50. The second-order valence-electron chi connectivity index (χ2n) is 7.03. The van der Waals surface area contributed by atoms with Crippen LogP contribution in [0.5, 0.6) is 0 Å². The first-order valence-corrected chi connectivity index (χ1v) is 8.71. The number of aromatic nitrogens is 2. The lowest BCUT2D eigenvalue weighted by atomic mass is 9.93. The van der Waals surface area contributed by atoms with Crippen molar-refractivity contribution in [1.82, 2.24) is 14.5 Å². The summed E-state index contributed by atoms with van der Waals surface area (Å²) in [6, 6.07) is 5.90. The number of hydrogen-bond donors (Lipinski definition) is 0. The van der Waals surface area contributed by atoms with Crippen molar-refractivity contribution in [3.05, 3.63) is 40.4 Å². The summed E-state index contributed by atoms with van der Waals surface area (Å²) in [5.41, 5.74) is 1.66. The van der Waals surface area contributed by atoms with Crippen molar-refractivity contribution >= 4 is 16.8 Å². The lowest BCUT2D eigenvalue weighted by Gasteiger charge is -2.36. The summed E-state index contributed by atoms with van der Waals surface area (Å²) < 4.78 is 1.55. The Bertz CT molecular complexity index is 812. The van der Waals surface area contributed by atoms with Gasteiger partial charge in [0.25, 0.3) is 5.56 Å². The van der Waals surface area contributed by atoms with Crippen molar-refractivity contribution < 1.29 is 4.79 Å². The van der Waals surface area contributed by atoms with E-state index in [1.54, 1.807) is 17.0 Å². The third kappa shape index (κ3) is 3.21. The molecule has 2 atom stereocenters. The summed E-state index contributed by atoms with van der Waals surface area (Å²) >= 11 is 0. The Morgan fingerprint density at radius 3 is 2.88 bits per heavy atom. The maximum atomic E-state index is 12.6. The number of piperidine rings is 1. The Morgan fingerprint density at radius 1 is 1.33 bits per heavy atom. The van der Waals surface area contributed by atoms with Gasteiger partial charge in [-0.15, -0.1) is 0 Å². The molecule has 1 saturated heterocycles. The number of aryl methyl sites for hydroxylation is 2. The van der Waals surface area contributed by atoms with E-state index in [0.717, 1.165) is 30.5 Å². The van der Waals surface area contributed by atoms with Crippen LogP contribution in [0.3, 0.4) is 0 Å². The minimum atomic E-state index is -0.0724. The van der Waals surface area contributed by atoms with E-state index in [1.807, 2.05) is 24.0 Å². The maximum absolute atomic E-state index is 12.6. The zero-order valence-corrected chi connectivity index (χ0v) is 14.7. The fraction of sp³-hybridized carbons (Fsp3) is 0.526. The fourth-order valence-corrected chi connectivity index (χ4v) is 3.63. The number of amides is 1. The van der Waals surface area contributed by atoms with E-state index >= 15 is 0 Å². The molecule has 1 amide bonds. The molecule has 5 nitrogen and oxygen atoms in total. The molecule has 5 heteroatoms. The molecule has 1 aromatic heterocycles. The Morgan fingerprint density at radius 2 is 2.12 bits per heavy atom. The number of benzene rings is 1. The van der Waals surface area contributed by atoms with E-state index in [1.165, 1.54) is 0 Å². The van der Waals surface area contributed by atoms with Crippen molar-refractivity contribution in [3.8, 4) is 0 Å². The van der Waals surface area contributed by atoms with Gasteiger partial charge in [-0.25, -0.2) is 4.98 Å². The molecule has 24 heavy (non-hydrogen) atoms. The Hall–Kier alpha value is -2.17. The first-order valence-electron chi connectivity index (χ1n) is 8.71. The molecule has 0 unspecified atom stereocenters. The summed E-state index contributed by atoms with van der Waals surface area (Å²) in [4.78, 5) is 31.4. The van der Waals surface area contributed by atoms with Crippen LogP contribution in [0.15, 0.2) is 29.3 Å². The number of fused-ring (bicyclic) bond motifs is 1. The van der Waals surface area contributed by atoms with Crippen LogP contribution in [-0.2, 0) is 11.3 Å². The molecule has 2 aromatic rings. The van der Waals surface area contributed by atoms with Crippen molar-refractivity contribution in [2.45, 2.75) is 52.6 Å². The largest absolute Gasteiger partial charge is 0.340 e. The molecule has 0 spiro atoms. The van der Waals surface area contributed by atoms with E-state index < -0.39 is 0 Å². The molecule has 3 rings (SSSR count). The number of para-hydroxylation sites is 1. The topological polar surface area (TPSA) is 55.2 Å². The lowest BCUT2D eigenvalue weighted by Crippen LogP contribution is -2.44. The Labute approximate surface area is 142 Å². The zero-order chi connectivity index (χ0) is 17.3. The third-order valence-corrected chi connectivity index (χ3v) is 5.08. The average Bonchev–Trinajstić information content (AvgIpc) is 2.54. The highest BCUT2D eigenvalue weighted by Gasteiger charge is 2.26. The van der Waals surface area contributed by atoms with E-state index in [9.17, 15) is 9.59 Å². The maximum Gasteiger partial charge on any atom is 0.261 e. The van der Waals surface area contributed by atoms with Gasteiger partial charge in [0, 0.05) is 25.6 Å². The summed E-state index contributed by atoms with van der Waals surface area (Å²) in [6.07, 6.45) is 4.03. The second kappa shape index (κ2) is 6.75. The van der Waals surface area contributed by atoms with Gasteiger partial charge in [0.1, 0.15) is 0 Å². The third-order valence-electron chi connectivity index (χ3n) is 5.08. The van der Waals surface area contributed by atoms with Gasteiger partial charge in [-0.1, -0.05) is 19.1 Å². The predicted octanol–water partition coefficient (Wildman–Crippen LogP) is 2.74. The minimum absolute atomic E-state index is 0.0724. The predicted molar refractivity (Wildman–Crippen MR) is 94.9 cm³/mol. The van der Waals surface area contributed by atoms with E-state index in [0.29, 0.717) is 24.3 Å². The van der Waals surface area contributed by atoms with E-state index in [2.05, 4.69) is 18.8 Å². The van der Waals surface area contributed by atoms with Crippen LogP contribution in [0, 0.1) is 12.8 Å². The van der Waals surface area contributed by atoms with Gasteiger partial charge in [-0.05, 0) is 44.2 Å². The van der Waals surface area contributed by atoms with Crippen molar-refractivity contribution in [1.29, 1.82) is 0 Å².